The molecule has 0 saturated carbocycles. The van der Waals surface area contributed by atoms with Crippen molar-refractivity contribution >= 4 is 22.9 Å². The van der Waals surface area contributed by atoms with E-state index in [0.717, 1.165) is 0 Å². The molecule has 25 heavy (non-hydrogen) atoms. The van der Waals surface area contributed by atoms with Crippen molar-refractivity contribution in [3.63, 3.8) is 0 Å². The second-order valence-electron chi connectivity index (χ2n) is 5.21. The fraction of sp³-hybridized carbons (Fsp3) is 0.158. The molecule has 2 aromatic carbocycles. The molecule has 0 N–H and O–H groups in total. The van der Waals surface area contributed by atoms with Gasteiger partial charge in [0.15, 0.2) is 0 Å². The Hall–Kier alpha value is -3.15. The Morgan fingerprint density at radius 1 is 1.00 bits per heavy atom. The van der Waals surface area contributed by atoms with E-state index in [9.17, 15) is 14.0 Å². The maximum Gasteiger partial charge on any atom is 0.374 e. The Balaban J connectivity index is 1.86. The predicted molar refractivity (Wildman–Crippen MR) is 87.7 cm³/mol. The van der Waals surface area contributed by atoms with Gasteiger partial charge in [-0.25, -0.2) is 14.0 Å². The first kappa shape index (κ1) is 16.7. The van der Waals surface area contributed by atoms with Gasteiger partial charge in [-0.15, -0.1) is 0 Å². The van der Waals surface area contributed by atoms with Crippen molar-refractivity contribution in [1.82, 2.24) is 0 Å². The number of benzene rings is 2. The van der Waals surface area contributed by atoms with Gasteiger partial charge in [0.1, 0.15) is 18.0 Å². The molecule has 1 heterocycles. The third kappa shape index (κ3) is 3.52. The van der Waals surface area contributed by atoms with Crippen LogP contribution in [0.5, 0.6) is 0 Å². The summed E-state index contributed by atoms with van der Waals surface area (Å²) in [5.74, 6) is -1.68. The quantitative estimate of drug-likeness (QED) is 0.653. The van der Waals surface area contributed by atoms with E-state index in [2.05, 4.69) is 0 Å². The molecule has 0 fully saturated rings. The molecule has 0 amide bonds. The van der Waals surface area contributed by atoms with E-state index in [1.807, 2.05) is 0 Å². The second-order valence-corrected chi connectivity index (χ2v) is 5.21. The van der Waals surface area contributed by atoms with Crippen LogP contribution in [0.1, 0.15) is 33.4 Å². The largest absolute Gasteiger partial charge is 0.460 e. The van der Waals surface area contributed by atoms with Crippen molar-refractivity contribution < 1.29 is 27.9 Å². The molecule has 6 heteroatoms. The van der Waals surface area contributed by atoms with Crippen LogP contribution in [-0.2, 0) is 16.1 Å². The average molecular weight is 342 g/mol. The van der Waals surface area contributed by atoms with E-state index >= 15 is 0 Å². The minimum absolute atomic E-state index is 0.00922. The van der Waals surface area contributed by atoms with E-state index in [4.69, 9.17) is 13.9 Å². The van der Waals surface area contributed by atoms with Crippen molar-refractivity contribution in [1.29, 1.82) is 0 Å². The fourth-order valence-electron chi connectivity index (χ4n) is 2.41. The number of ether oxygens (including phenoxy) is 2. The first-order valence-electron chi connectivity index (χ1n) is 7.70. The van der Waals surface area contributed by atoms with Crippen molar-refractivity contribution in [3.05, 3.63) is 71.2 Å². The van der Waals surface area contributed by atoms with Gasteiger partial charge in [-0.05, 0) is 37.3 Å². The van der Waals surface area contributed by atoms with Crippen molar-refractivity contribution in [2.45, 2.75) is 13.5 Å². The predicted octanol–water partition coefficient (Wildman–Crippen LogP) is 4.11. The second kappa shape index (κ2) is 7.17. The summed E-state index contributed by atoms with van der Waals surface area (Å²) in [6, 6.07) is 12.1. The SMILES string of the molecule is CCOC(=O)c1oc2ccccc2c1COC(=O)c1ccc(F)cc1. The van der Waals surface area contributed by atoms with Gasteiger partial charge in [-0.2, -0.15) is 0 Å². The lowest BCUT2D eigenvalue weighted by atomic mass is 10.1. The number of para-hydroxylation sites is 1. The summed E-state index contributed by atoms with van der Waals surface area (Å²) in [6.45, 7) is 1.72. The molecule has 0 aliphatic carbocycles. The summed E-state index contributed by atoms with van der Waals surface area (Å²) in [5, 5.41) is 0.664. The first-order valence-corrected chi connectivity index (χ1v) is 7.70. The molecule has 0 bridgehead atoms. The Morgan fingerprint density at radius 2 is 1.72 bits per heavy atom. The Kier molecular flexibility index (Phi) is 4.79. The maximum atomic E-state index is 12.9. The van der Waals surface area contributed by atoms with E-state index in [1.165, 1.54) is 24.3 Å². The summed E-state index contributed by atoms with van der Waals surface area (Å²) < 4.78 is 28.7. The monoisotopic (exact) mass is 342 g/mol. The summed E-state index contributed by atoms with van der Waals surface area (Å²) in [5.41, 5.74) is 1.15. The number of carbonyl (C=O) groups is 2. The van der Waals surface area contributed by atoms with E-state index in [1.54, 1.807) is 31.2 Å². The lowest BCUT2D eigenvalue weighted by Crippen LogP contribution is -2.10. The molecule has 0 radical (unpaired) electrons. The Bertz CT molecular complexity index is 911. The van der Waals surface area contributed by atoms with Crippen LogP contribution in [-0.4, -0.2) is 18.5 Å². The van der Waals surface area contributed by atoms with Gasteiger partial charge in [0, 0.05) is 5.39 Å². The zero-order valence-corrected chi connectivity index (χ0v) is 13.5. The highest BCUT2D eigenvalue weighted by Crippen LogP contribution is 2.27. The summed E-state index contributed by atoms with van der Waals surface area (Å²) in [4.78, 5) is 24.2. The lowest BCUT2D eigenvalue weighted by molar-refractivity contribution is 0.0435. The summed E-state index contributed by atoms with van der Waals surface area (Å²) in [6.07, 6.45) is 0. The van der Waals surface area contributed by atoms with Gasteiger partial charge in [0.2, 0.25) is 5.76 Å². The highest BCUT2D eigenvalue weighted by molar-refractivity contribution is 5.96. The first-order chi connectivity index (χ1) is 12.1. The molecule has 5 nitrogen and oxygen atoms in total. The Morgan fingerprint density at radius 3 is 2.44 bits per heavy atom. The lowest BCUT2D eigenvalue weighted by Gasteiger charge is -2.06. The highest BCUT2D eigenvalue weighted by atomic mass is 19.1. The van der Waals surface area contributed by atoms with Gasteiger partial charge in [-0.3, -0.25) is 0 Å². The smallest absolute Gasteiger partial charge is 0.374 e. The van der Waals surface area contributed by atoms with Crippen molar-refractivity contribution in [3.8, 4) is 0 Å². The van der Waals surface area contributed by atoms with E-state index in [-0.39, 0.29) is 24.5 Å². The van der Waals surface area contributed by atoms with Crippen LogP contribution in [0.25, 0.3) is 11.0 Å². The van der Waals surface area contributed by atoms with Crippen LogP contribution in [0.2, 0.25) is 0 Å². The fourth-order valence-corrected chi connectivity index (χ4v) is 2.41. The number of hydrogen-bond acceptors (Lipinski definition) is 5. The number of hydrogen-bond donors (Lipinski definition) is 0. The average Bonchev–Trinajstić information content (AvgIpc) is 2.99. The summed E-state index contributed by atoms with van der Waals surface area (Å²) in [7, 11) is 0. The van der Waals surface area contributed by atoms with Crippen LogP contribution >= 0.6 is 0 Å². The topological polar surface area (TPSA) is 65.7 Å². The Labute approximate surface area is 143 Å². The van der Waals surface area contributed by atoms with Gasteiger partial charge in [0.25, 0.3) is 0 Å². The molecule has 0 aliphatic heterocycles. The van der Waals surface area contributed by atoms with Crippen molar-refractivity contribution in [2.75, 3.05) is 6.61 Å². The molecule has 3 aromatic rings. The molecule has 0 saturated heterocycles. The van der Waals surface area contributed by atoms with Crippen LogP contribution in [0.15, 0.2) is 52.9 Å². The normalized spacial score (nSPS) is 10.6. The molecule has 0 atom stereocenters. The minimum Gasteiger partial charge on any atom is -0.460 e. The van der Waals surface area contributed by atoms with Crippen LogP contribution in [0, 0.1) is 5.82 Å². The van der Waals surface area contributed by atoms with Crippen LogP contribution < -0.4 is 0 Å². The molecule has 0 spiro atoms. The molecular formula is C19H15FO5. The number of fused-ring (bicyclic) bond motifs is 1. The number of rotatable bonds is 5. The molecule has 128 valence electrons. The van der Waals surface area contributed by atoms with Crippen LogP contribution in [0.4, 0.5) is 4.39 Å². The van der Waals surface area contributed by atoms with E-state index < -0.39 is 17.8 Å². The van der Waals surface area contributed by atoms with Crippen molar-refractivity contribution in [2.24, 2.45) is 0 Å². The molecule has 1 aromatic heterocycles. The van der Waals surface area contributed by atoms with Gasteiger partial charge >= 0.3 is 11.9 Å². The third-order valence-corrected chi connectivity index (χ3v) is 3.59. The van der Waals surface area contributed by atoms with Crippen LogP contribution in [0.3, 0.4) is 0 Å². The maximum absolute atomic E-state index is 12.9. The third-order valence-electron chi connectivity index (χ3n) is 3.59. The zero-order valence-electron chi connectivity index (χ0n) is 13.5. The minimum atomic E-state index is -0.625. The van der Waals surface area contributed by atoms with Gasteiger partial charge in [0.05, 0.1) is 17.7 Å². The number of carbonyl (C=O) groups excluding carboxylic acids is 2. The van der Waals surface area contributed by atoms with Gasteiger partial charge in [-0.1, -0.05) is 18.2 Å². The molecule has 3 rings (SSSR count). The molecule has 0 unspecified atom stereocenters. The number of furan rings is 1. The highest BCUT2D eigenvalue weighted by Gasteiger charge is 2.22. The number of esters is 2. The van der Waals surface area contributed by atoms with E-state index in [0.29, 0.717) is 16.5 Å². The van der Waals surface area contributed by atoms with Gasteiger partial charge < -0.3 is 13.9 Å². The molecular weight excluding hydrogens is 327 g/mol. The number of halogens is 1. The molecule has 0 aliphatic rings. The zero-order chi connectivity index (χ0) is 17.8. The standard InChI is InChI=1S/C19H15FO5/c1-2-23-19(22)17-15(14-5-3-4-6-16(14)25-17)11-24-18(21)12-7-9-13(20)10-8-12/h3-10H,2,11H2,1H3. The summed E-state index contributed by atoms with van der Waals surface area (Å²) >= 11 is 0.